The highest BCUT2D eigenvalue weighted by molar-refractivity contribution is 8.01. The minimum absolute atomic E-state index is 0.0431. The van der Waals surface area contributed by atoms with Crippen molar-refractivity contribution in [3.63, 3.8) is 0 Å². The van der Waals surface area contributed by atoms with Gasteiger partial charge in [0.2, 0.25) is 6.04 Å². The number of phenolic OH excluding ortho intramolecular Hbond substituents is 1. The Balaban J connectivity index is 0.000000254. The maximum Gasteiger partial charge on any atom is 0.280 e. The van der Waals surface area contributed by atoms with Crippen molar-refractivity contribution in [2.75, 3.05) is 34.9 Å². The molecule has 0 radical (unpaired) electrons. The highest BCUT2D eigenvalue weighted by Crippen LogP contribution is 2.43. The van der Waals surface area contributed by atoms with Crippen LogP contribution in [0.2, 0.25) is 40.2 Å². The number of methoxy groups -OCH3 is 2. The van der Waals surface area contributed by atoms with Crippen LogP contribution in [0.25, 0.3) is 0 Å². The van der Waals surface area contributed by atoms with Gasteiger partial charge in [0.25, 0.3) is 23.6 Å². The quantitative estimate of drug-likeness (QED) is 0.0209. The van der Waals surface area contributed by atoms with Gasteiger partial charge in [0, 0.05) is 26.7 Å². The Hall–Kier alpha value is -8.15. The molecule has 8 aromatic carbocycles. The number of anilines is 4. The summed E-state index contributed by atoms with van der Waals surface area (Å²) < 4.78 is 23.1. The van der Waals surface area contributed by atoms with E-state index in [9.17, 15) is 24.3 Å². The number of unbranched alkanes of at least 4 members (excludes halogenated alkanes) is 9. The van der Waals surface area contributed by atoms with E-state index in [0.29, 0.717) is 84.9 Å². The van der Waals surface area contributed by atoms with Crippen LogP contribution in [0.5, 0.6) is 28.7 Å². The monoisotopic (exact) mass is 1610 g/mol. The van der Waals surface area contributed by atoms with Crippen LogP contribution in [0.3, 0.4) is 0 Å². The number of para-hydroxylation sites is 1. The number of rotatable bonds is 30. The van der Waals surface area contributed by atoms with Crippen LogP contribution in [0.1, 0.15) is 113 Å². The fourth-order valence-corrected chi connectivity index (χ4v) is 14.7. The zero-order chi connectivity index (χ0) is 76.3. The van der Waals surface area contributed by atoms with Crippen LogP contribution in [0.15, 0.2) is 165 Å². The van der Waals surface area contributed by atoms with Gasteiger partial charge in [-0.1, -0.05) is 200 Å². The van der Waals surface area contributed by atoms with Gasteiger partial charge >= 0.3 is 0 Å². The molecule has 10 rings (SSSR count). The number of amides is 4. The van der Waals surface area contributed by atoms with Crippen molar-refractivity contribution in [3.05, 3.63) is 202 Å². The summed E-state index contributed by atoms with van der Waals surface area (Å²) in [6.07, 6.45) is 10.9. The first-order valence-corrected chi connectivity index (χ1v) is 38.2. The molecule has 2 aliphatic rings. The molecule has 0 bridgehead atoms. The number of aromatic hydroxyl groups is 1. The minimum atomic E-state index is -1.30. The number of ether oxygens (including phenoxy) is 4. The first kappa shape index (κ1) is 81.9. The Morgan fingerprint density at radius 1 is 0.547 bits per heavy atom. The van der Waals surface area contributed by atoms with Gasteiger partial charge in [0.15, 0.2) is 29.5 Å². The van der Waals surface area contributed by atoms with Crippen molar-refractivity contribution >= 4 is 180 Å². The van der Waals surface area contributed by atoms with E-state index < -0.39 is 29.4 Å². The molecule has 2 heterocycles. The summed E-state index contributed by atoms with van der Waals surface area (Å²) in [5.74, 6) is 0.843. The lowest BCUT2D eigenvalue weighted by Gasteiger charge is -2.20. The normalized spacial score (nSPS) is 15.5. The van der Waals surface area contributed by atoms with Crippen molar-refractivity contribution in [1.29, 1.82) is 0 Å². The number of hydrogen-bond acceptors (Lipinski definition) is 14. The Labute approximate surface area is 661 Å². The molecule has 28 heteroatoms. The largest absolute Gasteiger partial charge is 0.508 e. The topological polar surface area (TPSA) is 229 Å². The molecule has 0 spiro atoms. The molecule has 4 unspecified atom stereocenters. The van der Waals surface area contributed by atoms with E-state index in [1.807, 2.05) is 70.2 Å². The average Bonchev–Trinajstić information content (AvgIpc) is 1.63. The number of hydrogen-bond donors (Lipinski definition) is 5. The Kier molecular flexibility index (Phi) is 30.2. The summed E-state index contributed by atoms with van der Waals surface area (Å²) in [5, 5.41) is 28.0. The fourth-order valence-electron chi connectivity index (χ4n) is 11.4. The molecule has 5 N–H and O–H groups in total. The predicted octanol–water partition coefficient (Wildman–Crippen LogP) is 22.5. The second-order valence-electron chi connectivity index (χ2n) is 25.1. The molecule has 558 valence electrons. The highest BCUT2D eigenvalue weighted by Gasteiger charge is 2.43. The van der Waals surface area contributed by atoms with Gasteiger partial charge < -0.3 is 34.7 Å². The molecular formula is C78H80Cl8N10O9S. The summed E-state index contributed by atoms with van der Waals surface area (Å²) in [5.41, 5.74) is 12.0. The van der Waals surface area contributed by atoms with E-state index in [4.69, 9.17) is 122 Å². The van der Waals surface area contributed by atoms with Crippen LogP contribution in [0, 0.1) is 27.7 Å². The lowest BCUT2D eigenvalue weighted by Crippen LogP contribution is -2.36. The second-order valence-corrected chi connectivity index (χ2v) is 29.5. The number of halogens is 8. The first-order valence-electron chi connectivity index (χ1n) is 34.3. The molecule has 0 aromatic heterocycles. The van der Waals surface area contributed by atoms with Crippen molar-refractivity contribution in [2.45, 2.75) is 147 Å². The number of carbonyl (C=O) groups is 4. The van der Waals surface area contributed by atoms with Crippen molar-refractivity contribution in [1.82, 2.24) is 10.9 Å². The Morgan fingerprint density at radius 3 is 1.73 bits per heavy atom. The number of azo groups is 1. The summed E-state index contributed by atoms with van der Waals surface area (Å²) in [4.78, 5) is 65.6. The third-order valence-electron chi connectivity index (χ3n) is 16.9. The van der Waals surface area contributed by atoms with Crippen molar-refractivity contribution in [2.24, 2.45) is 20.2 Å². The fraction of sp³-hybridized carbons (Fsp3) is 0.308. The molecule has 2 aliphatic heterocycles. The zero-order valence-electron chi connectivity index (χ0n) is 59.4. The number of nitrogens with zero attached hydrogens (tertiary/aromatic N) is 6. The number of aliphatic imine (C=N–C) groups is 2. The smallest absolute Gasteiger partial charge is 0.280 e. The molecule has 4 atom stereocenters. The predicted molar refractivity (Wildman–Crippen MR) is 432 cm³/mol. The number of amidine groups is 2. The second kappa shape index (κ2) is 39.1. The maximum absolute atomic E-state index is 14.1. The van der Waals surface area contributed by atoms with E-state index in [1.165, 1.54) is 93.8 Å². The van der Waals surface area contributed by atoms with Crippen LogP contribution in [-0.4, -0.2) is 78.1 Å². The first-order chi connectivity index (χ1) is 50.9. The maximum atomic E-state index is 14.1. The van der Waals surface area contributed by atoms with Gasteiger partial charge in [-0.25, -0.2) is 20.0 Å². The standard InChI is InChI=1S/C44H50Cl4N6O6.C34H30Cl4N4O3S/c1-5-6-7-8-9-10-11-12-13-14-15-38(60-31-18-20-36(55)27(2)22-31)43(56)49-29-16-19-32(46)35(25-29)50-42-40(52-51-30-17-21-37(58-3)39(26-30)59-4)44(57)54(53-42)41-33(47)23-28(45)24-34(41)48;1-5-27(45-28-13-11-18(2)14-20(28)4)33(43)40-25-8-6-7-9-29(25)46-31-32(39-26-15-19(3)10-12-22(26)36)41-42(34(31)44)30-23(37)16-21(35)17-24(30)38/h16-26,38,40,55H,5-15H2,1-4H3,(H,49,56)(H,50,53);6-17,27,31H,5H2,1-4H3,(H,39,41)(H,40,43). The lowest BCUT2D eigenvalue weighted by atomic mass is 10.0. The number of phenols is 1. The number of nitrogens with one attached hydrogen (secondary N) is 4. The molecule has 19 nitrogen and oxygen atoms in total. The van der Waals surface area contributed by atoms with Crippen molar-refractivity contribution < 1.29 is 43.2 Å². The molecule has 4 amide bonds. The molecule has 0 aliphatic carbocycles. The van der Waals surface area contributed by atoms with Gasteiger partial charge in [-0.2, -0.15) is 10.2 Å². The van der Waals surface area contributed by atoms with Crippen LogP contribution >= 0.6 is 105 Å². The van der Waals surface area contributed by atoms with Gasteiger partial charge in [-0.3, -0.25) is 30.0 Å². The number of aryl methyl sites for hydroxylation is 4. The molecule has 2 fully saturated rings. The SMILES string of the molecule is CCC(Oc1ccc(C)cc1C)C(=O)Nc1ccccc1SC1C(=O)N(c2c(Cl)cc(Cl)cc2Cl)NC1=Nc1cc(C)ccc1Cl.CCCCCCCCCCCCC(Oc1ccc(O)c(C)c1)C(=O)Nc1ccc(Cl)c(N=C2NN(c3c(Cl)cc(Cl)cc3Cl)C(=O)C2N=Nc2ccc(OC)c(OC)c2)c1. The van der Waals surface area contributed by atoms with Gasteiger partial charge in [0.05, 0.1) is 67.1 Å². The molecule has 0 saturated carbocycles. The van der Waals surface area contributed by atoms with E-state index in [2.05, 4.69) is 38.6 Å². The minimum Gasteiger partial charge on any atom is -0.508 e. The Bertz CT molecular complexity index is 4560. The van der Waals surface area contributed by atoms with E-state index in [0.717, 1.165) is 47.4 Å². The number of thioether (sulfide) groups is 1. The average molecular weight is 1620 g/mol. The van der Waals surface area contributed by atoms with Gasteiger partial charge in [0.1, 0.15) is 39.7 Å². The molecule has 2 saturated heterocycles. The number of hydrazine groups is 2. The number of carbonyl (C=O) groups excluding carboxylic acids is 4. The van der Waals surface area contributed by atoms with Gasteiger partial charge in [-0.05, 0) is 167 Å². The summed E-state index contributed by atoms with van der Waals surface area (Å²) in [7, 11) is 3.01. The zero-order valence-corrected chi connectivity index (χ0v) is 66.3. The van der Waals surface area contributed by atoms with Crippen LogP contribution in [-0.2, 0) is 19.2 Å². The lowest BCUT2D eigenvalue weighted by molar-refractivity contribution is -0.123. The van der Waals surface area contributed by atoms with Crippen molar-refractivity contribution in [3.8, 4) is 28.7 Å². The summed E-state index contributed by atoms with van der Waals surface area (Å²) >= 11 is 52.8. The molecular weight excluding hydrogens is 1540 g/mol. The Morgan fingerprint density at radius 2 is 1.10 bits per heavy atom. The van der Waals surface area contributed by atoms with E-state index >= 15 is 0 Å². The summed E-state index contributed by atoms with van der Waals surface area (Å²) in [6, 6.07) is 37.7. The highest BCUT2D eigenvalue weighted by atomic mass is 35.5. The van der Waals surface area contributed by atoms with Crippen LogP contribution in [0.4, 0.5) is 39.8 Å². The molecule has 106 heavy (non-hydrogen) atoms. The summed E-state index contributed by atoms with van der Waals surface area (Å²) in [6.45, 7) is 11.7. The van der Waals surface area contributed by atoms with E-state index in [-0.39, 0.29) is 76.5 Å². The van der Waals surface area contributed by atoms with E-state index in [1.54, 1.807) is 79.7 Å². The van der Waals surface area contributed by atoms with Gasteiger partial charge in [-0.15, -0.1) is 11.8 Å². The number of benzene rings is 8. The third-order valence-corrected chi connectivity index (χ3v) is 20.4. The molecule has 8 aromatic rings. The third kappa shape index (κ3) is 21.8. The van der Waals surface area contributed by atoms with Crippen LogP contribution < -0.4 is 50.5 Å².